The second-order valence-electron chi connectivity index (χ2n) is 8.43. The molecule has 1 aromatic heterocycles. The van der Waals surface area contributed by atoms with Crippen LogP contribution in [0.2, 0.25) is 0 Å². The van der Waals surface area contributed by atoms with E-state index < -0.39 is 0 Å². The summed E-state index contributed by atoms with van der Waals surface area (Å²) in [6, 6.07) is 15.2. The predicted molar refractivity (Wildman–Crippen MR) is 133 cm³/mol. The van der Waals surface area contributed by atoms with E-state index in [1.807, 2.05) is 24.3 Å². The number of benzene rings is 2. The molecule has 2 aliphatic rings. The lowest BCUT2D eigenvalue weighted by Gasteiger charge is -2.31. The fourth-order valence-electron chi connectivity index (χ4n) is 4.11. The number of ether oxygens (including phenoxy) is 1. The maximum atomic E-state index is 11.1. The van der Waals surface area contributed by atoms with E-state index >= 15 is 0 Å². The maximum Gasteiger partial charge on any atom is 0.269 e. The Kier molecular flexibility index (Phi) is 6.37. The van der Waals surface area contributed by atoms with Crippen molar-refractivity contribution in [3.05, 3.63) is 97.0 Å². The van der Waals surface area contributed by atoms with Crippen LogP contribution in [0.25, 0.3) is 0 Å². The molecule has 33 heavy (non-hydrogen) atoms. The van der Waals surface area contributed by atoms with Gasteiger partial charge in [-0.2, -0.15) is 0 Å². The van der Waals surface area contributed by atoms with E-state index in [1.54, 1.807) is 42.3 Å². The van der Waals surface area contributed by atoms with Gasteiger partial charge in [0.05, 0.1) is 34.7 Å². The average Bonchev–Trinajstić information content (AvgIpc) is 3.39. The SMILES string of the molecule is COc1cccc(CC2=CSCN2C(Cc2ccc([N+](=O)[O-])cc2)c2csc(C3CC3)n2)c1. The molecule has 1 atom stereocenters. The van der Waals surface area contributed by atoms with E-state index in [0.29, 0.717) is 5.92 Å². The van der Waals surface area contributed by atoms with Crippen LogP contribution in [0.4, 0.5) is 5.69 Å². The molecule has 8 heteroatoms. The van der Waals surface area contributed by atoms with Crippen molar-refractivity contribution in [3.8, 4) is 5.75 Å². The van der Waals surface area contributed by atoms with Crippen molar-refractivity contribution in [1.29, 1.82) is 0 Å². The van der Waals surface area contributed by atoms with Crippen LogP contribution >= 0.6 is 23.1 Å². The smallest absolute Gasteiger partial charge is 0.269 e. The number of non-ortho nitro benzene ring substituents is 1. The third-order valence-electron chi connectivity index (χ3n) is 6.08. The van der Waals surface area contributed by atoms with Crippen LogP contribution in [0.3, 0.4) is 0 Å². The maximum absolute atomic E-state index is 11.1. The van der Waals surface area contributed by atoms with Crippen molar-refractivity contribution in [3.63, 3.8) is 0 Å². The van der Waals surface area contributed by atoms with Crippen LogP contribution in [-0.2, 0) is 12.8 Å². The molecule has 1 fully saturated rings. The van der Waals surface area contributed by atoms with Gasteiger partial charge in [0, 0.05) is 35.5 Å². The molecule has 3 aromatic rings. The van der Waals surface area contributed by atoms with Crippen molar-refractivity contribution >= 4 is 28.8 Å². The quantitative estimate of drug-likeness (QED) is 0.265. The fourth-order valence-corrected chi connectivity index (χ4v) is 6.14. The Morgan fingerprint density at radius 3 is 2.76 bits per heavy atom. The van der Waals surface area contributed by atoms with Gasteiger partial charge in [0.25, 0.3) is 5.69 Å². The number of thiazole rings is 1. The van der Waals surface area contributed by atoms with Crippen molar-refractivity contribution in [1.82, 2.24) is 9.88 Å². The first-order valence-electron chi connectivity index (χ1n) is 11.0. The second-order valence-corrected chi connectivity index (χ2v) is 10.1. The van der Waals surface area contributed by atoms with Crippen molar-refractivity contribution < 1.29 is 9.66 Å². The molecule has 1 saturated carbocycles. The topological polar surface area (TPSA) is 68.5 Å². The number of aromatic nitrogens is 1. The molecular formula is C25H25N3O3S2. The molecule has 2 aromatic carbocycles. The Hall–Kier alpha value is -2.84. The highest BCUT2D eigenvalue weighted by Gasteiger charge is 2.31. The minimum absolute atomic E-state index is 0.0852. The van der Waals surface area contributed by atoms with Crippen LogP contribution in [0, 0.1) is 10.1 Å². The number of hydrogen-bond acceptors (Lipinski definition) is 7. The molecule has 6 nitrogen and oxygen atoms in total. The Morgan fingerprint density at radius 2 is 2.03 bits per heavy atom. The van der Waals surface area contributed by atoms with E-state index in [9.17, 15) is 10.1 Å². The number of nitro groups is 1. The Bertz CT molecular complexity index is 1170. The molecule has 0 N–H and O–H groups in total. The van der Waals surface area contributed by atoms with Crippen molar-refractivity contribution in [2.24, 2.45) is 0 Å². The normalized spacial score (nSPS) is 16.5. The molecule has 0 saturated heterocycles. The summed E-state index contributed by atoms with van der Waals surface area (Å²) in [5.41, 5.74) is 4.76. The van der Waals surface area contributed by atoms with Gasteiger partial charge in [-0.25, -0.2) is 4.98 Å². The number of methoxy groups -OCH3 is 1. The van der Waals surface area contributed by atoms with Crippen LogP contribution in [0.1, 0.15) is 46.6 Å². The van der Waals surface area contributed by atoms with Crippen LogP contribution in [0.15, 0.2) is 65.0 Å². The minimum Gasteiger partial charge on any atom is -0.497 e. The standard InChI is InChI=1S/C25H25N3O3S2/c1-31-22-4-2-3-18(12-22)11-21-14-32-16-27(21)24(23-15-33-25(26-23)19-7-8-19)13-17-5-9-20(10-6-17)28(29)30/h2-6,9-10,12,14-15,19,24H,7-8,11,13,16H2,1H3. The Labute approximate surface area is 201 Å². The predicted octanol–water partition coefficient (Wildman–Crippen LogP) is 6.31. The zero-order valence-electron chi connectivity index (χ0n) is 18.3. The second kappa shape index (κ2) is 9.57. The van der Waals surface area contributed by atoms with Gasteiger partial charge in [0.15, 0.2) is 0 Å². The number of allylic oxidation sites excluding steroid dienone is 1. The van der Waals surface area contributed by atoms with Crippen molar-refractivity contribution in [2.75, 3.05) is 13.0 Å². The molecule has 0 spiro atoms. The van der Waals surface area contributed by atoms with Gasteiger partial charge < -0.3 is 9.64 Å². The number of thioether (sulfide) groups is 1. The van der Waals surface area contributed by atoms with Gasteiger partial charge in [0.1, 0.15) is 5.75 Å². The summed E-state index contributed by atoms with van der Waals surface area (Å²) in [6.07, 6.45) is 4.05. The third-order valence-corrected chi connectivity index (χ3v) is 7.97. The fraction of sp³-hybridized carbons (Fsp3) is 0.320. The highest BCUT2D eigenvalue weighted by atomic mass is 32.2. The molecule has 0 bridgehead atoms. The highest BCUT2D eigenvalue weighted by molar-refractivity contribution is 8.02. The van der Waals surface area contributed by atoms with Gasteiger partial charge in [-0.15, -0.1) is 23.1 Å². The third kappa shape index (κ3) is 5.07. The molecule has 1 aliphatic carbocycles. The van der Waals surface area contributed by atoms with E-state index in [4.69, 9.17) is 9.72 Å². The molecule has 5 rings (SSSR count). The lowest BCUT2D eigenvalue weighted by Crippen LogP contribution is -2.28. The molecule has 1 aliphatic heterocycles. The summed E-state index contributed by atoms with van der Waals surface area (Å²) in [5.74, 6) is 2.36. The molecular weight excluding hydrogens is 454 g/mol. The average molecular weight is 480 g/mol. The van der Waals surface area contributed by atoms with E-state index in [1.165, 1.54) is 29.1 Å². The molecule has 0 amide bonds. The molecule has 1 unspecified atom stereocenters. The monoisotopic (exact) mass is 479 g/mol. The summed E-state index contributed by atoms with van der Waals surface area (Å²) >= 11 is 3.57. The van der Waals surface area contributed by atoms with E-state index in [-0.39, 0.29) is 16.7 Å². The minimum atomic E-state index is -0.351. The van der Waals surface area contributed by atoms with Gasteiger partial charge in [-0.05, 0) is 47.9 Å². The zero-order chi connectivity index (χ0) is 22.8. The first-order valence-corrected chi connectivity index (χ1v) is 12.9. The zero-order valence-corrected chi connectivity index (χ0v) is 20.0. The summed E-state index contributed by atoms with van der Waals surface area (Å²) in [7, 11) is 1.69. The van der Waals surface area contributed by atoms with Gasteiger partial charge in [-0.3, -0.25) is 10.1 Å². The van der Waals surface area contributed by atoms with Gasteiger partial charge >= 0.3 is 0 Å². The summed E-state index contributed by atoms with van der Waals surface area (Å²) < 4.78 is 5.40. The van der Waals surface area contributed by atoms with Crippen LogP contribution in [-0.4, -0.2) is 27.8 Å². The summed E-state index contributed by atoms with van der Waals surface area (Å²) in [5, 5.41) is 16.8. The van der Waals surface area contributed by atoms with E-state index in [0.717, 1.165) is 35.7 Å². The van der Waals surface area contributed by atoms with Crippen LogP contribution in [0.5, 0.6) is 5.75 Å². The Morgan fingerprint density at radius 1 is 1.21 bits per heavy atom. The lowest BCUT2D eigenvalue weighted by atomic mass is 10.0. The molecule has 0 radical (unpaired) electrons. The number of rotatable bonds is 9. The highest BCUT2D eigenvalue weighted by Crippen LogP contribution is 2.43. The number of nitrogens with zero attached hydrogens (tertiary/aromatic N) is 3. The first kappa shape index (κ1) is 22.0. The van der Waals surface area contributed by atoms with Crippen molar-refractivity contribution in [2.45, 2.75) is 37.6 Å². The Balaban J connectivity index is 1.42. The van der Waals surface area contributed by atoms with Crippen LogP contribution < -0.4 is 4.74 Å². The lowest BCUT2D eigenvalue weighted by molar-refractivity contribution is -0.384. The summed E-state index contributed by atoms with van der Waals surface area (Å²) in [4.78, 5) is 18.2. The van der Waals surface area contributed by atoms with Gasteiger partial charge in [0.2, 0.25) is 0 Å². The molecule has 2 heterocycles. The molecule has 170 valence electrons. The first-order chi connectivity index (χ1) is 16.1. The van der Waals surface area contributed by atoms with Gasteiger partial charge in [-0.1, -0.05) is 24.3 Å². The summed E-state index contributed by atoms with van der Waals surface area (Å²) in [6.45, 7) is 0. The number of hydrogen-bond donors (Lipinski definition) is 0. The number of nitro benzene ring substituents is 1. The largest absolute Gasteiger partial charge is 0.497 e. The van der Waals surface area contributed by atoms with E-state index in [2.05, 4.69) is 27.8 Å².